The molecule has 0 aliphatic heterocycles. The molecule has 0 N–H and O–H groups in total. The fraction of sp³-hybridized carbons (Fsp3) is 0.321. The van der Waals surface area contributed by atoms with Gasteiger partial charge >= 0.3 is 11.9 Å². The third-order valence-electron chi connectivity index (χ3n) is 12.7. The van der Waals surface area contributed by atoms with Crippen molar-refractivity contribution in [2.75, 3.05) is 7.11 Å². The average molecular weight is 876 g/mol. The molecule has 7 aromatic rings. The van der Waals surface area contributed by atoms with Gasteiger partial charge in [-0.3, -0.25) is 9.59 Å². The van der Waals surface area contributed by atoms with E-state index in [4.69, 9.17) is 36.4 Å². The smallest absolute Gasteiger partial charge is 0.312 e. The lowest BCUT2D eigenvalue weighted by molar-refractivity contribution is -0.161. The zero-order chi connectivity index (χ0) is 44.5. The number of benzene rings is 5. The first-order valence-electron chi connectivity index (χ1n) is 22.5. The number of aromatic nitrogens is 6. The summed E-state index contributed by atoms with van der Waals surface area (Å²) in [6.07, 6.45) is 7.56. The molecular weight excluding hydrogens is 820 g/mol. The first-order valence-corrected chi connectivity index (χ1v) is 22.8. The van der Waals surface area contributed by atoms with Crippen LogP contribution in [0.3, 0.4) is 0 Å². The predicted octanol–water partition coefficient (Wildman–Crippen LogP) is 11.5. The maximum atomic E-state index is 13.6. The van der Waals surface area contributed by atoms with Crippen LogP contribution in [0.15, 0.2) is 140 Å². The molecule has 2 atom stereocenters. The lowest BCUT2D eigenvalue weighted by Crippen LogP contribution is -2.39. The third-order valence-corrected chi connectivity index (χ3v) is 13.0. The number of hydrogen-bond acceptors (Lipinski definition) is 8. The summed E-state index contributed by atoms with van der Waals surface area (Å²) in [7, 11) is 1.39. The van der Waals surface area contributed by atoms with Crippen molar-refractivity contribution < 1.29 is 19.1 Å². The van der Waals surface area contributed by atoms with E-state index >= 15 is 0 Å². The number of nitrogens with zero attached hydrogens (tertiary/aromatic N) is 6. The van der Waals surface area contributed by atoms with Crippen molar-refractivity contribution in [3.63, 3.8) is 0 Å². The van der Waals surface area contributed by atoms with Gasteiger partial charge in [-0.05, 0) is 62.6 Å². The molecule has 2 heterocycles. The zero-order valence-electron chi connectivity index (χ0n) is 36.8. The first kappa shape index (κ1) is 44.2. The molecule has 0 spiro atoms. The van der Waals surface area contributed by atoms with Crippen LogP contribution in [0.1, 0.15) is 105 Å². The third kappa shape index (κ3) is 9.15. The lowest BCUT2D eigenvalue weighted by Gasteiger charge is -2.36. The number of imidazole rings is 1. The van der Waals surface area contributed by atoms with E-state index in [0.29, 0.717) is 36.8 Å². The summed E-state index contributed by atoms with van der Waals surface area (Å²) in [5.41, 5.74) is 6.45. The number of halogens is 1. The highest BCUT2D eigenvalue weighted by atomic mass is 35.5. The Morgan fingerprint density at radius 1 is 0.781 bits per heavy atom. The molecular formula is C53H55ClN6O4. The van der Waals surface area contributed by atoms with Crippen LogP contribution >= 0.6 is 11.6 Å². The van der Waals surface area contributed by atoms with Gasteiger partial charge in [0.1, 0.15) is 11.4 Å². The number of carbonyl (C=O) groups is 2. The molecule has 2 unspecified atom stereocenters. The van der Waals surface area contributed by atoms with Crippen LogP contribution in [-0.2, 0) is 37.6 Å². The SMILES string of the molecule is CCCCc1nc(Cl)c(C(OC(C)=O)C(CC2CCCCC2)C(=O)OC)n1Cc1ccc(-c2ccccc2-c2nnnn2C(c2ccccc2)(c2ccccc2)c2ccccc2)cc1. The molecule has 2 aromatic heterocycles. The molecule has 1 aliphatic rings. The van der Waals surface area contributed by atoms with Crippen molar-refractivity contribution in [1.82, 2.24) is 29.8 Å². The number of rotatable bonds is 17. The van der Waals surface area contributed by atoms with Gasteiger partial charge in [-0.1, -0.05) is 197 Å². The number of aryl methyl sites for hydroxylation is 1. The number of ether oxygens (including phenoxy) is 2. The molecule has 0 amide bonds. The van der Waals surface area contributed by atoms with Gasteiger partial charge in [-0.15, -0.1) is 5.10 Å². The summed E-state index contributed by atoms with van der Waals surface area (Å²) in [5, 5.41) is 14.1. The van der Waals surface area contributed by atoms with Crippen molar-refractivity contribution in [2.24, 2.45) is 11.8 Å². The Bertz CT molecular complexity index is 2530. The number of esters is 2. The molecule has 10 nitrogen and oxygen atoms in total. The van der Waals surface area contributed by atoms with E-state index in [1.54, 1.807) is 0 Å². The van der Waals surface area contributed by atoms with E-state index in [0.717, 1.165) is 83.3 Å². The minimum absolute atomic E-state index is 0.232. The monoisotopic (exact) mass is 874 g/mol. The molecule has 1 saturated carbocycles. The fourth-order valence-electron chi connectivity index (χ4n) is 9.63. The van der Waals surface area contributed by atoms with Crippen LogP contribution < -0.4 is 0 Å². The molecule has 1 fully saturated rings. The quantitative estimate of drug-likeness (QED) is 0.0656. The maximum Gasteiger partial charge on any atom is 0.312 e. The van der Waals surface area contributed by atoms with Gasteiger partial charge in [0, 0.05) is 25.5 Å². The Kier molecular flexibility index (Phi) is 14.1. The molecule has 1 aliphatic carbocycles. The molecule has 11 heteroatoms. The maximum absolute atomic E-state index is 13.6. The number of hydrogen-bond donors (Lipinski definition) is 0. The van der Waals surface area contributed by atoms with E-state index in [9.17, 15) is 9.59 Å². The second-order valence-electron chi connectivity index (χ2n) is 16.8. The Labute approximate surface area is 380 Å². The van der Waals surface area contributed by atoms with Gasteiger partial charge in [0.2, 0.25) is 0 Å². The Balaban J connectivity index is 1.19. The Hall–Kier alpha value is -6.39. The molecule has 0 bridgehead atoms. The summed E-state index contributed by atoms with van der Waals surface area (Å²) in [6.45, 7) is 3.90. The topological polar surface area (TPSA) is 114 Å². The summed E-state index contributed by atoms with van der Waals surface area (Å²) in [5.74, 6) is 0.0583. The molecule has 328 valence electrons. The second-order valence-corrected chi connectivity index (χ2v) is 17.1. The van der Waals surface area contributed by atoms with Crippen molar-refractivity contribution >= 4 is 23.5 Å². The van der Waals surface area contributed by atoms with Crippen molar-refractivity contribution in [3.05, 3.63) is 178 Å². The van der Waals surface area contributed by atoms with Crippen LogP contribution in [0.5, 0.6) is 0 Å². The van der Waals surface area contributed by atoms with Crippen LogP contribution in [0.25, 0.3) is 22.5 Å². The zero-order valence-corrected chi connectivity index (χ0v) is 37.5. The number of unbranched alkanes of at least 4 members (excludes halogenated alkanes) is 1. The first-order chi connectivity index (χ1) is 31.3. The van der Waals surface area contributed by atoms with Crippen LogP contribution in [0.2, 0.25) is 5.15 Å². The second kappa shape index (κ2) is 20.4. The molecule has 0 saturated heterocycles. The molecule has 8 rings (SSSR count). The summed E-state index contributed by atoms with van der Waals surface area (Å²) in [4.78, 5) is 31.3. The van der Waals surface area contributed by atoms with E-state index in [2.05, 4.69) is 126 Å². The van der Waals surface area contributed by atoms with Gasteiger partial charge < -0.3 is 14.0 Å². The molecule has 0 radical (unpaired) electrons. The molecule has 5 aromatic carbocycles. The van der Waals surface area contributed by atoms with Crippen LogP contribution in [0.4, 0.5) is 0 Å². The van der Waals surface area contributed by atoms with E-state index in [1.165, 1.54) is 20.5 Å². The average Bonchev–Trinajstić information content (AvgIpc) is 3.95. The van der Waals surface area contributed by atoms with Crippen molar-refractivity contribution in [1.29, 1.82) is 0 Å². The van der Waals surface area contributed by atoms with Gasteiger partial charge in [-0.25, -0.2) is 9.67 Å². The lowest BCUT2D eigenvalue weighted by atomic mass is 9.77. The number of carbonyl (C=O) groups excluding carboxylic acids is 2. The van der Waals surface area contributed by atoms with E-state index in [1.807, 2.05) is 35.0 Å². The highest BCUT2D eigenvalue weighted by Gasteiger charge is 2.43. The van der Waals surface area contributed by atoms with Gasteiger partial charge in [-0.2, -0.15) is 0 Å². The van der Waals surface area contributed by atoms with E-state index in [-0.39, 0.29) is 5.15 Å². The van der Waals surface area contributed by atoms with Crippen LogP contribution in [0, 0.1) is 11.8 Å². The highest BCUT2D eigenvalue weighted by Crippen LogP contribution is 2.44. The van der Waals surface area contributed by atoms with Gasteiger partial charge in [0.25, 0.3) is 0 Å². The van der Waals surface area contributed by atoms with Gasteiger partial charge in [0.15, 0.2) is 17.1 Å². The summed E-state index contributed by atoms with van der Waals surface area (Å²) >= 11 is 7.05. The summed E-state index contributed by atoms with van der Waals surface area (Å²) in [6, 6.07) is 47.7. The Morgan fingerprint density at radius 3 is 1.92 bits per heavy atom. The van der Waals surface area contributed by atoms with Gasteiger partial charge in [0.05, 0.1) is 18.7 Å². The van der Waals surface area contributed by atoms with E-state index < -0.39 is 29.5 Å². The minimum atomic E-state index is -0.964. The summed E-state index contributed by atoms with van der Waals surface area (Å²) < 4.78 is 15.5. The fourth-order valence-corrected chi connectivity index (χ4v) is 9.93. The Morgan fingerprint density at radius 2 is 1.36 bits per heavy atom. The van der Waals surface area contributed by atoms with Crippen molar-refractivity contribution in [3.8, 4) is 22.5 Å². The molecule has 64 heavy (non-hydrogen) atoms. The normalized spacial score (nSPS) is 14.2. The largest absolute Gasteiger partial charge is 0.469 e. The number of methoxy groups -OCH3 is 1. The standard InChI is InChI=1S/C53H55ClN6O4/c1-4-5-30-47-55-50(54)48(49(64-37(2)61)46(52(62)63-3)35-38-20-10-6-11-21-38)59(47)36-39-31-33-40(34-32-39)44-28-18-19-29-45(44)51-56-57-58-60(51)53(41-22-12-7-13-23-41,42-24-14-8-15-25-42)43-26-16-9-17-27-43/h7-9,12-19,22-29,31-34,38,46,49H,4-6,10-11,20-21,30,35-36H2,1-3H3. The highest BCUT2D eigenvalue weighted by molar-refractivity contribution is 6.30. The van der Waals surface area contributed by atoms with Crippen LogP contribution in [-0.4, -0.2) is 48.8 Å². The van der Waals surface area contributed by atoms with Crippen molar-refractivity contribution in [2.45, 2.75) is 89.8 Å². The number of tetrazole rings is 1. The predicted molar refractivity (Wildman–Crippen MR) is 249 cm³/mol. The minimum Gasteiger partial charge on any atom is -0.469 e.